The van der Waals surface area contributed by atoms with Gasteiger partial charge in [-0.25, -0.2) is 0 Å². The molecule has 1 aromatic carbocycles. The first kappa shape index (κ1) is 21.6. The van der Waals surface area contributed by atoms with E-state index >= 15 is 0 Å². The van der Waals surface area contributed by atoms with Crippen molar-refractivity contribution in [3.05, 3.63) is 35.9 Å². The maximum absolute atomic E-state index is 8.44. The minimum absolute atomic E-state index is 0. The van der Waals surface area contributed by atoms with Crippen LogP contribution in [0.2, 0.25) is 0 Å². The summed E-state index contributed by atoms with van der Waals surface area (Å²) in [6, 6.07) is 10.5. The molecule has 0 radical (unpaired) electrons. The SMILES string of the molecule is CC(C)c1ccccc1.O=S([O-])[O-].[Na+].[Na+]. The maximum atomic E-state index is 8.44. The molecule has 0 spiro atoms. The Morgan fingerprint density at radius 2 is 1.40 bits per heavy atom. The van der Waals surface area contributed by atoms with Gasteiger partial charge in [0.1, 0.15) is 0 Å². The van der Waals surface area contributed by atoms with Crippen LogP contribution in [0.15, 0.2) is 30.3 Å². The van der Waals surface area contributed by atoms with Crippen molar-refractivity contribution in [2.75, 3.05) is 0 Å². The van der Waals surface area contributed by atoms with Gasteiger partial charge in [-0.2, -0.15) is 0 Å². The second kappa shape index (κ2) is 13.4. The molecule has 0 atom stereocenters. The molecule has 0 saturated carbocycles. The Hall–Kier alpha value is 1.29. The summed E-state index contributed by atoms with van der Waals surface area (Å²) in [4.78, 5) is 0. The summed E-state index contributed by atoms with van der Waals surface area (Å²) in [5.74, 6) is 0.659. The van der Waals surface area contributed by atoms with E-state index < -0.39 is 11.4 Å². The molecule has 0 aliphatic carbocycles. The molecule has 74 valence electrons. The molecule has 6 heteroatoms. The minimum atomic E-state index is -3.11. The van der Waals surface area contributed by atoms with E-state index in [0.29, 0.717) is 5.92 Å². The zero-order chi connectivity index (χ0) is 10.3. The van der Waals surface area contributed by atoms with Crippen molar-refractivity contribution in [3.8, 4) is 0 Å². The van der Waals surface area contributed by atoms with Crippen LogP contribution >= 0.6 is 0 Å². The van der Waals surface area contributed by atoms with Gasteiger partial charge < -0.3 is 9.11 Å². The van der Waals surface area contributed by atoms with Crippen LogP contribution in [0, 0.1) is 0 Å². The number of rotatable bonds is 1. The monoisotopic (exact) mass is 246 g/mol. The second-order valence-corrected chi connectivity index (χ2v) is 3.18. The summed E-state index contributed by atoms with van der Waals surface area (Å²) >= 11 is -3.11. The first-order chi connectivity index (χ1) is 6.04. The molecule has 0 aliphatic rings. The maximum Gasteiger partial charge on any atom is 1.00 e. The third-order valence-electron chi connectivity index (χ3n) is 1.47. The topological polar surface area (TPSA) is 63.2 Å². The predicted molar refractivity (Wildman–Crippen MR) is 50.2 cm³/mol. The molecule has 0 N–H and O–H groups in total. The van der Waals surface area contributed by atoms with Crippen LogP contribution < -0.4 is 59.1 Å². The van der Waals surface area contributed by atoms with Crippen molar-refractivity contribution in [3.63, 3.8) is 0 Å². The molecule has 0 bridgehead atoms. The molecule has 0 aromatic heterocycles. The molecular formula is C9H12Na2O3S. The Bertz CT molecular complexity index is 251. The van der Waals surface area contributed by atoms with Crippen molar-refractivity contribution in [1.82, 2.24) is 0 Å². The van der Waals surface area contributed by atoms with Gasteiger partial charge in [-0.15, -0.1) is 11.4 Å². The van der Waals surface area contributed by atoms with Crippen LogP contribution in [0.4, 0.5) is 0 Å². The summed E-state index contributed by atoms with van der Waals surface area (Å²) in [7, 11) is 0. The van der Waals surface area contributed by atoms with Crippen molar-refractivity contribution >= 4 is 11.4 Å². The van der Waals surface area contributed by atoms with Gasteiger partial charge in [0.05, 0.1) is 0 Å². The fourth-order valence-electron chi connectivity index (χ4n) is 0.838. The van der Waals surface area contributed by atoms with E-state index in [-0.39, 0.29) is 59.1 Å². The van der Waals surface area contributed by atoms with Gasteiger partial charge >= 0.3 is 59.1 Å². The molecule has 0 aliphatic heterocycles. The van der Waals surface area contributed by atoms with E-state index in [1.165, 1.54) is 5.56 Å². The summed E-state index contributed by atoms with van der Waals surface area (Å²) in [5.41, 5.74) is 1.41. The van der Waals surface area contributed by atoms with Crippen molar-refractivity contribution in [1.29, 1.82) is 0 Å². The van der Waals surface area contributed by atoms with Crippen LogP contribution in [-0.4, -0.2) is 13.3 Å². The molecule has 0 amide bonds. The summed E-state index contributed by atoms with van der Waals surface area (Å²) in [5, 5.41) is 0. The third-order valence-corrected chi connectivity index (χ3v) is 1.47. The number of hydrogen-bond acceptors (Lipinski definition) is 3. The summed E-state index contributed by atoms with van der Waals surface area (Å²) in [6.07, 6.45) is 0. The summed E-state index contributed by atoms with van der Waals surface area (Å²) < 4.78 is 25.3. The van der Waals surface area contributed by atoms with Crippen LogP contribution in [0.1, 0.15) is 25.3 Å². The zero-order valence-corrected chi connectivity index (χ0v) is 14.4. The molecule has 3 nitrogen and oxygen atoms in total. The number of benzene rings is 1. The molecule has 1 rings (SSSR count). The Morgan fingerprint density at radius 3 is 1.60 bits per heavy atom. The normalized spacial score (nSPS) is 8.40. The van der Waals surface area contributed by atoms with Gasteiger partial charge in [-0.3, -0.25) is 4.21 Å². The molecule has 0 fully saturated rings. The smallest absolute Gasteiger partial charge is 0.784 e. The summed E-state index contributed by atoms with van der Waals surface area (Å²) in [6.45, 7) is 4.41. The molecular weight excluding hydrogens is 234 g/mol. The zero-order valence-electron chi connectivity index (χ0n) is 9.60. The van der Waals surface area contributed by atoms with Gasteiger partial charge in [0.25, 0.3) is 0 Å². The van der Waals surface area contributed by atoms with Crippen molar-refractivity contribution in [2.24, 2.45) is 0 Å². The molecule has 0 saturated heterocycles. The van der Waals surface area contributed by atoms with Crippen molar-refractivity contribution in [2.45, 2.75) is 19.8 Å². The fraction of sp³-hybridized carbons (Fsp3) is 0.333. The van der Waals surface area contributed by atoms with Gasteiger partial charge in [0, 0.05) is 0 Å². The van der Waals surface area contributed by atoms with E-state index in [1.807, 2.05) is 6.07 Å². The standard InChI is InChI=1S/C9H12.2Na.H2O3S/c1-8(2)9-6-4-3-5-7-9;;;1-4(2)3/h3-8H,1-2H3;;;(H2,1,2,3)/q;2*+1;/p-2. The quantitative estimate of drug-likeness (QED) is 0.373. The molecule has 1 aromatic rings. The molecule has 0 heterocycles. The van der Waals surface area contributed by atoms with E-state index in [2.05, 4.69) is 38.1 Å². The average Bonchev–Trinajstić information content (AvgIpc) is 2.05. The first-order valence-electron chi connectivity index (χ1n) is 3.85. The molecule has 0 unspecified atom stereocenters. The Balaban J connectivity index is -0.000000213. The van der Waals surface area contributed by atoms with Gasteiger partial charge in [-0.1, -0.05) is 44.2 Å². The van der Waals surface area contributed by atoms with Gasteiger partial charge in [0.15, 0.2) is 0 Å². The first-order valence-corrected chi connectivity index (χ1v) is 4.85. The average molecular weight is 246 g/mol. The van der Waals surface area contributed by atoms with E-state index in [9.17, 15) is 0 Å². The number of hydrogen-bond donors (Lipinski definition) is 0. The Kier molecular flexibility index (Phi) is 19.2. The van der Waals surface area contributed by atoms with Gasteiger partial charge in [-0.05, 0) is 11.5 Å². The minimum Gasteiger partial charge on any atom is -0.784 e. The molecule has 15 heavy (non-hydrogen) atoms. The largest absolute Gasteiger partial charge is 1.00 e. The van der Waals surface area contributed by atoms with E-state index in [0.717, 1.165) is 0 Å². The van der Waals surface area contributed by atoms with Crippen LogP contribution in [0.3, 0.4) is 0 Å². The third kappa shape index (κ3) is 15.3. The van der Waals surface area contributed by atoms with E-state index in [1.54, 1.807) is 0 Å². The van der Waals surface area contributed by atoms with Gasteiger partial charge in [0.2, 0.25) is 0 Å². The van der Waals surface area contributed by atoms with Crippen LogP contribution in [0.5, 0.6) is 0 Å². The van der Waals surface area contributed by atoms with Crippen LogP contribution in [-0.2, 0) is 11.4 Å². The Labute approximate surface area is 138 Å². The Morgan fingerprint density at radius 1 is 1.07 bits per heavy atom. The van der Waals surface area contributed by atoms with Crippen LogP contribution in [0.25, 0.3) is 0 Å². The predicted octanol–water partition coefficient (Wildman–Crippen LogP) is -4.19. The van der Waals surface area contributed by atoms with Crippen molar-refractivity contribution < 1.29 is 72.4 Å². The fourth-order valence-corrected chi connectivity index (χ4v) is 0.838. The van der Waals surface area contributed by atoms with E-state index in [4.69, 9.17) is 13.3 Å². The second-order valence-electron chi connectivity index (χ2n) is 2.77.